The summed E-state index contributed by atoms with van der Waals surface area (Å²) in [6.45, 7) is 1.47. The Morgan fingerprint density at radius 3 is 2.71 bits per heavy atom. The molecular weight excluding hydrogens is 220 g/mol. The van der Waals surface area contributed by atoms with Gasteiger partial charge in [0.2, 0.25) is 0 Å². The molecule has 5 nitrogen and oxygen atoms in total. The maximum absolute atomic E-state index is 11.6. The van der Waals surface area contributed by atoms with Crippen LogP contribution in [0.1, 0.15) is 19.3 Å². The van der Waals surface area contributed by atoms with Crippen LogP contribution in [0.25, 0.3) is 0 Å². The Hall–Kier alpha value is -1.91. The van der Waals surface area contributed by atoms with Gasteiger partial charge in [-0.3, -0.25) is 4.89 Å². The van der Waals surface area contributed by atoms with Crippen LogP contribution >= 0.6 is 0 Å². The number of anilines is 1. The number of carbonyl (C=O) groups is 1. The van der Waals surface area contributed by atoms with Crippen molar-refractivity contribution in [1.82, 2.24) is 4.90 Å². The van der Waals surface area contributed by atoms with Crippen molar-refractivity contribution >= 4 is 11.8 Å². The van der Waals surface area contributed by atoms with Crippen LogP contribution in [0.4, 0.5) is 10.5 Å². The smallest absolute Gasteiger partial charge is 0.399 e. The summed E-state index contributed by atoms with van der Waals surface area (Å²) in [5.74, 6) is 0.426. The lowest BCUT2D eigenvalue weighted by Crippen LogP contribution is -2.36. The molecule has 0 spiro atoms. The molecule has 1 heterocycles. The van der Waals surface area contributed by atoms with E-state index in [4.69, 9.17) is 15.5 Å². The van der Waals surface area contributed by atoms with Gasteiger partial charge in [-0.1, -0.05) is 6.07 Å². The minimum atomic E-state index is -0.438. The summed E-state index contributed by atoms with van der Waals surface area (Å²) in [6.07, 6.45) is 2.77. The molecule has 92 valence electrons. The summed E-state index contributed by atoms with van der Waals surface area (Å²) in [5, 5.41) is 0. The molecule has 0 saturated carbocycles. The van der Waals surface area contributed by atoms with Crippen LogP contribution < -0.4 is 10.6 Å². The van der Waals surface area contributed by atoms with Crippen molar-refractivity contribution in [3.8, 4) is 5.75 Å². The van der Waals surface area contributed by atoms with Gasteiger partial charge < -0.3 is 10.6 Å². The summed E-state index contributed by atoms with van der Waals surface area (Å²) < 4.78 is 0. The van der Waals surface area contributed by atoms with Crippen LogP contribution in [0.3, 0.4) is 0 Å². The molecule has 1 aromatic carbocycles. The van der Waals surface area contributed by atoms with Crippen LogP contribution in [0.5, 0.6) is 5.75 Å². The highest BCUT2D eigenvalue weighted by molar-refractivity contribution is 5.67. The fraction of sp³-hybridized carbons (Fsp3) is 0.417. The number of nitrogens with zero attached hydrogens (tertiary/aromatic N) is 1. The Labute approximate surface area is 100 Å². The van der Waals surface area contributed by atoms with Crippen LogP contribution in [0.15, 0.2) is 24.3 Å². The number of nitrogens with two attached hydrogens (primary N) is 1. The zero-order valence-electron chi connectivity index (χ0n) is 9.59. The van der Waals surface area contributed by atoms with Crippen molar-refractivity contribution in [3.63, 3.8) is 0 Å². The molecule has 17 heavy (non-hydrogen) atoms. The second-order valence-electron chi connectivity index (χ2n) is 4.05. The Morgan fingerprint density at radius 1 is 1.24 bits per heavy atom. The molecular formula is C12H16N2O3. The molecule has 2 N–H and O–H groups in total. The lowest BCUT2D eigenvalue weighted by atomic mass is 10.1. The first-order chi connectivity index (χ1) is 8.25. The first-order valence-corrected chi connectivity index (χ1v) is 5.75. The van der Waals surface area contributed by atoms with E-state index in [1.807, 2.05) is 0 Å². The van der Waals surface area contributed by atoms with Crippen molar-refractivity contribution < 1.29 is 14.6 Å². The van der Waals surface area contributed by atoms with E-state index >= 15 is 0 Å². The van der Waals surface area contributed by atoms with E-state index in [1.165, 1.54) is 6.42 Å². The number of likely N-dealkylation sites (tertiary alicyclic amines) is 1. The zero-order chi connectivity index (χ0) is 12.1. The fourth-order valence-electron chi connectivity index (χ4n) is 1.78. The van der Waals surface area contributed by atoms with Gasteiger partial charge >= 0.3 is 6.09 Å². The molecule has 0 radical (unpaired) electrons. The quantitative estimate of drug-likeness (QED) is 0.485. The molecule has 1 aromatic rings. The highest BCUT2D eigenvalue weighted by Gasteiger charge is 2.18. The van der Waals surface area contributed by atoms with Crippen LogP contribution in [0.2, 0.25) is 0 Å². The minimum Gasteiger partial charge on any atom is -0.399 e. The average molecular weight is 236 g/mol. The van der Waals surface area contributed by atoms with Crippen molar-refractivity contribution in [2.24, 2.45) is 0 Å². The molecule has 0 atom stereocenters. The molecule has 0 aliphatic carbocycles. The fourth-order valence-corrected chi connectivity index (χ4v) is 1.78. The molecule has 1 aliphatic rings. The average Bonchev–Trinajstić information content (AvgIpc) is 2.37. The Bertz CT molecular complexity index is 389. The Morgan fingerprint density at radius 2 is 2.00 bits per heavy atom. The van der Waals surface area contributed by atoms with E-state index in [-0.39, 0.29) is 0 Å². The first-order valence-electron chi connectivity index (χ1n) is 5.75. The Kier molecular flexibility index (Phi) is 3.69. The molecule has 1 fully saturated rings. The molecule has 1 saturated heterocycles. The van der Waals surface area contributed by atoms with Crippen LogP contribution in [0, 0.1) is 0 Å². The van der Waals surface area contributed by atoms with Crippen molar-refractivity contribution in [2.75, 3.05) is 18.8 Å². The van der Waals surface area contributed by atoms with E-state index in [9.17, 15) is 4.79 Å². The van der Waals surface area contributed by atoms with Crippen LogP contribution in [-0.2, 0) is 4.89 Å². The van der Waals surface area contributed by atoms with Gasteiger partial charge in [0.15, 0.2) is 5.75 Å². The van der Waals surface area contributed by atoms with Crippen molar-refractivity contribution in [2.45, 2.75) is 19.3 Å². The molecule has 0 bridgehead atoms. The van der Waals surface area contributed by atoms with Gasteiger partial charge in [-0.15, -0.1) is 0 Å². The third-order valence-corrected chi connectivity index (χ3v) is 2.68. The summed E-state index contributed by atoms with van der Waals surface area (Å²) in [6, 6.07) is 6.75. The summed E-state index contributed by atoms with van der Waals surface area (Å²) in [5.41, 5.74) is 6.14. The van der Waals surface area contributed by atoms with Gasteiger partial charge in [0.1, 0.15) is 0 Å². The number of rotatable bonds is 2. The number of amides is 1. The van der Waals surface area contributed by atoms with Gasteiger partial charge in [-0.25, -0.2) is 9.68 Å². The topological polar surface area (TPSA) is 64.8 Å². The number of nitrogen functional groups attached to an aromatic ring is 1. The van der Waals surface area contributed by atoms with E-state index < -0.39 is 6.09 Å². The minimum absolute atomic E-state index is 0.426. The normalized spacial score (nSPS) is 15.4. The van der Waals surface area contributed by atoms with Crippen molar-refractivity contribution in [1.29, 1.82) is 0 Å². The molecule has 0 unspecified atom stereocenters. The van der Waals surface area contributed by atoms with E-state index in [2.05, 4.69) is 0 Å². The zero-order valence-corrected chi connectivity index (χ0v) is 9.59. The predicted molar refractivity (Wildman–Crippen MR) is 63.4 cm³/mol. The molecule has 1 aliphatic heterocycles. The molecule has 0 aromatic heterocycles. The van der Waals surface area contributed by atoms with Crippen LogP contribution in [-0.4, -0.2) is 24.1 Å². The molecule has 2 rings (SSSR count). The highest BCUT2D eigenvalue weighted by Crippen LogP contribution is 2.16. The van der Waals surface area contributed by atoms with E-state index in [0.717, 1.165) is 25.9 Å². The number of hydrogen-bond donors (Lipinski definition) is 1. The second-order valence-corrected chi connectivity index (χ2v) is 4.05. The standard InChI is InChI=1S/C12H16N2O3/c13-10-5-4-6-11(9-10)16-17-12(15)14-7-2-1-3-8-14/h4-6,9H,1-3,7-8,13H2. The largest absolute Gasteiger partial charge is 0.452 e. The predicted octanol–water partition coefficient (Wildman–Crippen LogP) is 2.19. The third-order valence-electron chi connectivity index (χ3n) is 2.68. The second kappa shape index (κ2) is 5.43. The third kappa shape index (κ3) is 3.27. The molecule has 1 amide bonds. The van der Waals surface area contributed by atoms with E-state index in [1.54, 1.807) is 29.2 Å². The number of benzene rings is 1. The maximum atomic E-state index is 11.6. The number of carbonyl (C=O) groups excluding carboxylic acids is 1. The van der Waals surface area contributed by atoms with Gasteiger partial charge in [-0.05, 0) is 31.4 Å². The monoisotopic (exact) mass is 236 g/mol. The van der Waals surface area contributed by atoms with Gasteiger partial charge in [0.25, 0.3) is 0 Å². The Balaban J connectivity index is 1.83. The van der Waals surface area contributed by atoms with Crippen molar-refractivity contribution in [3.05, 3.63) is 24.3 Å². The highest BCUT2D eigenvalue weighted by atomic mass is 17.2. The lowest BCUT2D eigenvalue weighted by molar-refractivity contribution is -0.154. The van der Waals surface area contributed by atoms with E-state index in [0.29, 0.717) is 11.4 Å². The molecule has 5 heteroatoms. The van der Waals surface area contributed by atoms with Gasteiger partial charge in [-0.2, -0.15) is 0 Å². The van der Waals surface area contributed by atoms with Gasteiger partial charge in [0, 0.05) is 24.8 Å². The number of piperidine rings is 1. The summed E-state index contributed by atoms with van der Waals surface area (Å²) in [4.78, 5) is 22.9. The SMILES string of the molecule is Nc1cccc(OOC(=O)N2CCCCC2)c1. The lowest BCUT2D eigenvalue weighted by Gasteiger charge is -2.24. The number of hydrogen-bond acceptors (Lipinski definition) is 4. The summed E-state index contributed by atoms with van der Waals surface area (Å²) in [7, 11) is 0. The maximum Gasteiger partial charge on any atom is 0.452 e. The van der Waals surface area contributed by atoms with Gasteiger partial charge in [0.05, 0.1) is 0 Å². The first kappa shape index (κ1) is 11.6. The summed E-state index contributed by atoms with van der Waals surface area (Å²) >= 11 is 0.